The molecule has 0 unspecified atom stereocenters. The van der Waals surface area contributed by atoms with Gasteiger partial charge in [0.25, 0.3) is 0 Å². The number of hydrogen-bond donors (Lipinski definition) is 3. The lowest BCUT2D eigenvalue weighted by Gasteiger charge is -2.23. The molecule has 4 aromatic rings. The van der Waals surface area contributed by atoms with Crippen molar-refractivity contribution in [3.05, 3.63) is 35.0 Å². The van der Waals surface area contributed by atoms with E-state index in [1.807, 2.05) is 21.3 Å². The van der Waals surface area contributed by atoms with E-state index in [0.717, 1.165) is 63.1 Å². The number of anilines is 2. The fourth-order valence-electron chi connectivity index (χ4n) is 4.71. The van der Waals surface area contributed by atoms with Crippen molar-refractivity contribution in [1.29, 1.82) is 0 Å². The maximum Gasteiger partial charge on any atom is 0.222 e. The Morgan fingerprint density at radius 2 is 2.03 bits per heavy atom. The average Bonchev–Trinajstić information content (AvgIpc) is 3.54. The van der Waals surface area contributed by atoms with Crippen LogP contribution in [0.25, 0.3) is 21.3 Å². The molecule has 1 aliphatic rings. The van der Waals surface area contributed by atoms with Crippen LogP contribution in [0.4, 0.5) is 11.8 Å². The number of nitrogens with zero attached hydrogens (tertiary/aromatic N) is 6. The number of rotatable bonds is 11. The lowest BCUT2D eigenvalue weighted by atomic mass is 10.1. The number of benzene rings is 1. The Balaban J connectivity index is 1.40. The lowest BCUT2D eigenvalue weighted by molar-refractivity contribution is 0.0776. The van der Waals surface area contributed by atoms with Gasteiger partial charge in [-0.05, 0) is 24.8 Å². The predicted octanol–water partition coefficient (Wildman–Crippen LogP) is 2.93. The van der Waals surface area contributed by atoms with Crippen LogP contribution in [0.3, 0.4) is 0 Å². The van der Waals surface area contributed by atoms with Gasteiger partial charge < -0.3 is 25.8 Å². The minimum Gasteiger partial charge on any atom is -0.395 e. The third kappa shape index (κ3) is 5.44. The number of nitrogen functional groups attached to an aromatic ring is 1. The monoisotopic (exact) mass is 510 g/mol. The molecule has 1 saturated heterocycles. The predicted molar refractivity (Wildman–Crippen MR) is 143 cm³/mol. The minimum atomic E-state index is 0.0351. The first-order valence-electron chi connectivity index (χ1n) is 12.7. The summed E-state index contributed by atoms with van der Waals surface area (Å²) in [5.41, 5.74) is 12.7. The van der Waals surface area contributed by atoms with Gasteiger partial charge in [-0.3, -0.25) is 4.68 Å². The summed E-state index contributed by atoms with van der Waals surface area (Å²) in [4.78, 5) is 15.6. The van der Waals surface area contributed by atoms with Crippen LogP contribution in [0.1, 0.15) is 43.7 Å². The minimum absolute atomic E-state index is 0.0351. The van der Waals surface area contributed by atoms with Gasteiger partial charge in [0, 0.05) is 44.5 Å². The molecule has 0 amide bonds. The molecule has 10 nitrogen and oxygen atoms in total. The second-order valence-electron chi connectivity index (χ2n) is 9.21. The summed E-state index contributed by atoms with van der Waals surface area (Å²) in [5, 5.41) is 18.1. The Morgan fingerprint density at radius 3 is 2.83 bits per heavy atom. The first kappa shape index (κ1) is 24.8. The van der Waals surface area contributed by atoms with E-state index in [1.165, 1.54) is 10.3 Å². The van der Waals surface area contributed by atoms with Crippen molar-refractivity contribution in [2.45, 2.75) is 51.7 Å². The first-order valence-corrected chi connectivity index (χ1v) is 13.6. The number of aromatic nitrogens is 5. The highest BCUT2D eigenvalue weighted by atomic mass is 32.1. The molecule has 4 N–H and O–H groups in total. The molecule has 0 aliphatic carbocycles. The molecule has 5 rings (SSSR count). The molecule has 0 bridgehead atoms. The van der Waals surface area contributed by atoms with E-state index in [4.69, 9.17) is 15.6 Å². The van der Waals surface area contributed by atoms with Gasteiger partial charge in [0.1, 0.15) is 5.52 Å². The molecule has 11 heteroatoms. The highest BCUT2D eigenvalue weighted by molar-refractivity contribution is 7.17. The first-order chi connectivity index (χ1) is 17.7. The highest BCUT2D eigenvalue weighted by Crippen LogP contribution is 2.28. The van der Waals surface area contributed by atoms with Gasteiger partial charge in [-0.15, -0.1) is 11.3 Å². The Kier molecular flexibility index (Phi) is 7.90. The maximum atomic E-state index is 9.60. The standard InChI is InChI=1S/C25H34N8O2S/c1-2-3-8-32(9-10-34)24-22-20(29-25(26)30-24)15-33(31-22)14-18-5-4-17(23-21(18)28-16-36-23)13-27-19-6-11-35-12-7-19/h4-5,15-16,19,27,34H,2-3,6-14H2,1H3,(H2,26,29). The van der Waals surface area contributed by atoms with E-state index >= 15 is 0 Å². The third-order valence-corrected chi connectivity index (χ3v) is 7.55. The fraction of sp³-hybridized carbons (Fsp3) is 0.520. The number of thiazole rings is 1. The number of ether oxygens (including phenoxy) is 1. The fourth-order valence-corrected chi connectivity index (χ4v) is 5.56. The van der Waals surface area contributed by atoms with Gasteiger partial charge in [-0.2, -0.15) is 10.1 Å². The lowest BCUT2D eigenvalue weighted by Crippen LogP contribution is -2.34. The van der Waals surface area contributed by atoms with Crippen molar-refractivity contribution in [3.63, 3.8) is 0 Å². The summed E-state index contributed by atoms with van der Waals surface area (Å²) in [6, 6.07) is 4.85. The summed E-state index contributed by atoms with van der Waals surface area (Å²) in [6.07, 6.45) is 6.06. The van der Waals surface area contributed by atoms with E-state index in [-0.39, 0.29) is 12.6 Å². The van der Waals surface area contributed by atoms with Crippen LogP contribution >= 0.6 is 11.3 Å². The second-order valence-corrected chi connectivity index (χ2v) is 10.1. The van der Waals surface area contributed by atoms with Crippen LogP contribution in [0.15, 0.2) is 23.8 Å². The number of hydrogen-bond acceptors (Lipinski definition) is 10. The van der Waals surface area contributed by atoms with Gasteiger partial charge in [0.15, 0.2) is 11.3 Å². The molecule has 4 heterocycles. The van der Waals surface area contributed by atoms with Gasteiger partial charge in [-0.25, -0.2) is 9.97 Å². The molecular formula is C25H34N8O2S. The average molecular weight is 511 g/mol. The van der Waals surface area contributed by atoms with Crippen LogP contribution in [-0.4, -0.2) is 68.8 Å². The summed E-state index contributed by atoms with van der Waals surface area (Å²) in [7, 11) is 0. The molecule has 1 aromatic carbocycles. The molecule has 1 fully saturated rings. The summed E-state index contributed by atoms with van der Waals surface area (Å²) >= 11 is 1.68. The largest absolute Gasteiger partial charge is 0.395 e. The van der Waals surface area contributed by atoms with Crippen molar-refractivity contribution < 1.29 is 9.84 Å². The van der Waals surface area contributed by atoms with Gasteiger partial charge in [-0.1, -0.05) is 25.5 Å². The van der Waals surface area contributed by atoms with E-state index in [1.54, 1.807) is 11.3 Å². The van der Waals surface area contributed by atoms with E-state index in [0.29, 0.717) is 36.0 Å². The maximum absolute atomic E-state index is 9.60. The SMILES string of the molecule is CCCCN(CCO)c1nc(N)nc2cn(Cc3ccc(CNC4CCOCC4)c4scnc34)nc12. The van der Waals surface area contributed by atoms with Crippen molar-refractivity contribution in [1.82, 2.24) is 30.0 Å². The zero-order chi connectivity index (χ0) is 24.9. The van der Waals surface area contributed by atoms with E-state index < -0.39 is 0 Å². The summed E-state index contributed by atoms with van der Waals surface area (Å²) < 4.78 is 8.57. The third-order valence-electron chi connectivity index (χ3n) is 6.64. The molecule has 0 radical (unpaired) electrons. The summed E-state index contributed by atoms with van der Waals surface area (Å²) in [5.74, 6) is 0.881. The smallest absolute Gasteiger partial charge is 0.222 e. The quantitative estimate of drug-likeness (QED) is 0.279. The Morgan fingerprint density at radius 1 is 1.19 bits per heavy atom. The van der Waals surface area contributed by atoms with Crippen molar-refractivity contribution in [3.8, 4) is 0 Å². The zero-order valence-corrected chi connectivity index (χ0v) is 21.5. The van der Waals surface area contributed by atoms with Crippen LogP contribution in [-0.2, 0) is 17.8 Å². The number of aliphatic hydroxyl groups excluding tert-OH is 1. The van der Waals surface area contributed by atoms with Crippen LogP contribution in [0.2, 0.25) is 0 Å². The highest BCUT2D eigenvalue weighted by Gasteiger charge is 2.18. The number of unbranched alkanes of at least 4 members (excludes halogenated alkanes) is 1. The second kappa shape index (κ2) is 11.5. The van der Waals surface area contributed by atoms with E-state index in [2.05, 4.69) is 39.3 Å². The molecule has 0 saturated carbocycles. The molecule has 192 valence electrons. The van der Waals surface area contributed by atoms with Crippen LogP contribution in [0.5, 0.6) is 0 Å². The Labute approximate surface area is 214 Å². The number of nitrogens with two attached hydrogens (primary N) is 1. The molecule has 3 aromatic heterocycles. The number of fused-ring (bicyclic) bond motifs is 2. The van der Waals surface area contributed by atoms with Gasteiger partial charge >= 0.3 is 0 Å². The Hall–Kier alpha value is -2.86. The van der Waals surface area contributed by atoms with Gasteiger partial charge in [0.05, 0.1) is 35.1 Å². The number of aliphatic hydroxyl groups is 1. The van der Waals surface area contributed by atoms with E-state index in [9.17, 15) is 5.11 Å². The molecule has 1 aliphatic heterocycles. The topological polar surface area (TPSA) is 127 Å². The molecule has 0 spiro atoms. The molecule has 0 atom stereocenters. The van der Waals surface area contributed by atoms with Crippen molar-refractivity contribution in [2.75, 3.05) is 43.5 Å². The zero-order valence-electron chi connectivity index (χ0n) is 20.7. The molecular weight excluding hydrogens is 476 g/mol. The molecule has 36 heavy (non-hydrogen) atoms. The normalized spacial score (nSPS) is 14.7. The van der Waals surface area contributed by atoms with Crippen molar-refractivity contribution in [2.24, 2.45) is 0 Å². The van der Waals surface area contributed by atoms with Crippen molar-refractivity contribution >= 4 is 44.4 Å². The van der Waals surface area contributed by atoms with Crippen LogP contribution < -0.4 is 16.0 Å². The van der Waals surface area contributed by atoms with Crippen LogP contribution in [0, 0.1) is 0 Å². The number of nitrogens with one attached hydrogen (secondary N) is 1. The van der Waals surface area contributed by atoms with Gasteiger partial charge in [0.2, 0.25) is 5.95 Å². The Bertz CT molecular complexity index is 1300. The summed E-state index contributed by atoms with van der Waals surface area (Å²) in [6.45, 7) is 6.48.